The standard InChI is InChI=1S/C18H20F2N2O/c1-2-12-8-15(19)9-16(20)18(12)23-17(14-5-7-22-11-14)13-4-3-6-21-10-13/h3-4,6,8-10,14,17,22H,2,5,7,11H2,1H3/t14-,17-/m0/s1. The third-order valence-corrected chi connectivity index (χ3v) is 4.25. The van der Waals surface area contributed by atoms with E-state index in [0.717, 1.165) is 31.1 Å². The van der Waals surface area contributed by atoms with Crippen LogP contribution in [0.25, 0.3) is 0 Å². The molecule has 1 aromatic carbocycles. The van der Waals surface area contributed by atoms with Crippen LogP contribution in [0.2, 0.25) is 0 Å². The molecule has 0 bridgehead atoms. The van der Waals surface area contributed by atoms with Crippen molar-refractivity contribution in [2.45, 2.75) is 25.9 Å². The molecule has 0 unspecified atom stereocenters. The van der Waals surface area contributed by atoms with Gasteiger partial charge >= 0.3 is 0 Å². The Morgan fingerprint density at radius 3 is 2.91 bits per heavy atom. The Labute approximate surface area is 134 Å². The van der Waals surface area contributed by atoms with E-state index in [1.807, 2.05) is 19.1 Å². The number of rotatable bonds is 5. The molecule has 1 aromatic heterocycles. The second-order valence-electron chi connectivity index (χ2n) is 5.81. The highest BCUT2D eigenvalue weighted by molar-refractivity contribution is 5.36. The number of benzene rings is 1. The Balaban J connectivity index is 1.96. The summed E-state index contributed by atoms with van der Waals surface area (Å²) in [6, 6.07) is 5.99. The van der Waals surface area contributed by atoms with E-state index in [-0.39, 0.29) is 17.8 Å². The van der Waals surface area contributed by atoms with Crippen LogP contribution >= 0.6 is 0 Å². The lowest BCUT2D eigenvalue weighted by Crippen LogP contribution is -2.22. The normalized spacial score (nSPS) is 18.8. The number of nitrogens with one attached hydrogen (secondary N) is 1. The summed E-state index contributed by atoms with van der Waals surface area (Å²) in [4.78, 5) is 4.14. The van der Waals surface area contributed by atoms with Gasteiger partial charge in [-0.1, -0.05) is 13.0 Å². The molecule has 122 valence electrons. The molecule has 0 radical (unpaired) electrons. The van der Waals surface area contributed by atoms with Gasteiger partial charge in [-0.15, -0.1) is 0 Å². The van der Waals surface area contributed by atoms with Crippen LogP contribution in [0.4, 0.5) is 8.78 Å². The molecular formula is C18H20F2N2O. The van der Waals surface area contributed by atoms with Gasteiger partial charge in [0.2, 0.25) is 0 Å². The molecule has 2 aromatic rings. The van der Waals surface area contributed by atoms with E-state index in [1.165, 1.54) is 6.07 Å². The Morgan fingerprint density at radius 2 is 2.26 bits per heavy atom. The largest absolute Gasteiger partial charge is 0.482 e. The summed E-state index contributed by atoms with van der Waals surface area (Å²) in [5.41, 5.74) is 1.45. The third-order valence-electron chi connectivity index (χ3n) is 4.25. The number of aryl methyl sites for hydroxylation is 1. The highest BCUT2D eigenvalue weighted by atomic mass is 19.1. The van der Waals surface area contributed by atoms with E-state index in [1.54, 1.807) is 12.4 Å². The van der Waals surface area contributed by atoms with Gasteiger partial charge in [0, 0.05) is 36.5 Å². The lowest BCUT2D eigenvalue weighted by molar-refractivity contribution is 0.136. The smallest absolute Gasteiger partial charge is 0.168 e. The van der Waals surface area contributed by atoms with Crippen molar-refractivity contribution in [3.05, 3.63) is 59.4 Å². The molecule has 0 aliphatic carbocycles. The first kappa shape index (κ1) is 15.9. The molecule has 1 fully saturated rings. The summed E-state index contributed by atoms with van der Waals surface area (Å²) < 4.78 is 33.8. The van der Waals surface area contributed by atoms with E-state index in [2.05, 4.69) is 10.3 Å². The zero-order valence-electron chi connectivity index (χ0n) is 13.1. The van der Waals surface area contributed by atoms with Gasteiger partial charge < -0.3 is 10.1 Å². The van der Waals surface area contributed by atoms with Crippen LogP contribution in [0.3, 0.4) is 0 Å². The summed E-state index contributed by atoms with van der Waals surface area (Å²) in [5, 5.41) is 3.31. The van der Waals surface area contributed by atoms with Gasteiger partial charge in [-0.2, -0.15) is 0 Å². The molecular weight excluding hydrogens is 298 g/mol. The average molecular weight is 318 g/mol. The molecule has 3 nitrogen and oxygen atoms in total. The van der Waals surface area contributed by atoms with Crippen LogP contribution in [0.15, 0.2) is 36.7 Å². The summed E-state index contributed by atoms with van der Waals surface area (Å²) in [5.74, 6) is -0.850. The first-order chi connectivity index (χ1) is 11.2. The van der Waals surface area contributed by atoms with Gasteiger partial charge in [0.05, 0.1) is 0 Å². The first-order valence-corrected chi connectivity index (χ1v) is 7.94. The molecule has 1 saturated heterocycles. The van der Waals surface area contributed by atoms with Gasteiger partial charge in [-0.3, -0.25) is 4.98 Å². The maximum absolute atomic E-state index is 14.3. The van der Waals surface area contributed by atoms with Crippen LogP contribution in [0.1, 0.15) is 30.6 Å². The Morgan fingerprint density at radius 1 is 1.39 bits per heavy atom. The van der Waals surface area contributed by atoms with Crippen molar-refractivity contribution < 1.29 is 13.5 Å². The van der Waals surface area contributed by atoms with Gasteiger partial charge in [0.25, 0.3) is 0 Å². The lowest BCUT2D eigenvalue weighted by Gasteiger charge is -2.26. The molecule has 23 heavy (non-hydrogen) atoms. The topological polar surface area (TPSA) is 34.1 Å². The number of hydrogen-bond donors (Lipinski definition) is 1. The predicted octanol–water partition coefficient (Wildman–Crippen LogP) is 3.65. The first-order valence-electron chi connectivity index (χ1n) is 7.94. The van der Waals surface area contributed by atoms with Crippen molar-refractivity contribution in [2.24, 2.45) is 5.92 Å². The Kier molecular flexibility index (Phi) is 4.86. The van der Waals surface area contributed by atoms with Crippen molar-refractivity contribution in [1.29, 1.82) is 0 Å². The van der Waals surface area contributed by atoms with Crippen LogP contribution in [-0.2, 0) is 6.42 Å². The summed E-state index contributed by atoms with van der Waals surface area (Å²) in [6.07, 6.45) is 4.60. The maximum Gasteiger partial charge on any atom is 0.168 e. The highest BCUT2D eigenvalue weighted by Crippen LogP contribution is 2.35. The molecule has 0 amide bonds. The SMILES string of the molecule is CCc1cc(F)cc(F)c1O[C@@H](c1cccnc1)[C@H]1CCNC1. The zero-order valence-corrected chi connectivity index (χ0v) is 13.1. The van der Waals surface area contributed by atoms with Gasteiger partial charge in [0.15, 0.2) is 11.6 Å². The minimum atomic E-state index is -0.651. The Bertz CT molecular complexity index is 658. The number of hydrogen-bond acceptors (Lipinski definition) is 3. The van der Waals surface area contributed by atoms with Gasteiger partial charge in [0.1, 0.15) is 11.9 Å². The lowest BCUT2D eigenvalue weighted by atomic mass is 9.95. The molecule has 3 rings (SSSR count). The third kappa shape index (κ3) is 3.50. The summed E-state index contributed by atoms with van der Waals surface area (Å²) in [6.45, 7) is 3.58. The molecule has 0 spiro atoms. The van der Waals surface area contributed by atoms with E-state index in [4.69, 9.17) is 4.74 Å². The monoisotopic (exact) mass is 318 g/mol. The molecule has 5 heteroatoms. The van der Waals surface area contributed by atoms with Gasteiger partial charge in [-0.25, -0.2) is 8.78 Å². The van der Waals surface area contributed by atoms with E-state index in [0.29, 0.717) is 12.0 Å². The fourth-order valence-corrected chi connectivity index (χ4v) is 3.05. The minimum absolute atomic E-state index is 0.148. The van der Waals surface area contributed by atoms with Gasteiger partial charge in [-0.05, 0) is 37.1 Å². The fourth-order valence-electron chi connectivity index (χ4n) is 3.05. The van der Waals surface area contributed by atoms with Crippen molar-refractivity contribution in [2.75, 3.05) is 13.1 Å². The van der Waals surface area contributed by atoms with Crippen molar-refractivity contribution in [3.8, 4) is 5.75 Å². The van der Waals surface area contributed by atoms with Crippen LogP contribution < -0.4 is 10.1 Å². The second-order valence-corrected chi connectivity index (χ2v) is 5.81. The van der Waals surface area contributed by atoms with Crippen molar-refractivity contribution >= 4 is 0 Å². The van der Waals surface area contributed by atoms with Crippen molar-refractivity contribution in [1.82, 2.24) is 10.3 Å². The van der Waals surface area contributed by atoms with E-state index in [9.17, 15) is 8.78 Å². The average Bonchev–Trinajstić information content (AvgIpc) is 3.08. The second kappa shape index (κ2) is 7.04. The van der Waals surface area contributed by atoms with Crippen molar-refractivity contribution in [3.63, 3.8) is 0 Å². The summed E-state index contributed by atoms with van der Waals surface area (Å²) in [7, 11) is 0. The zero-order chi connectivity index (χ0) is 16.2. The fraction of sp³-hybridized carbons (Fsp3) is 0.389. The molecule has 1 aliphatic rings. The number of halogens is 2. The predicted molar refractivity (Wildman–Crippen MR) is 84.3 cm³/mol. The number of nitrogens with zero attached hydrogens (tertiary/aromatic N) is 1. The molecule has 1 aliphatic heterocycles. The number of aromatic nitrogens is 1. The minimum Gasteiger partial charge on any atom is -0.482 e. The highest BCUT2D eigenvalue weighted by Gasteiger charge is 2.29. The van der Waals surface area contributed by atoms with E-state index >= 15 is 0 Å². The molecule has 2 heterocycles. The quantitative estimate of drug-likeness (QED) is 0.914. The molecule has 1 N–H and O–H groups in total. The Hall–Kier alpha value is -2.01. The maximum atomic E-state index is 14.3. The van der Waals surface area contributed by atoms with E-state index < -0.39 is 11.6 Å². The number of pyridine rings is 1. The molecule has 2 atom stereocenters. The summed E-state index contributed by atoms with van der Waals surface area (Å²) >= 11 is 0. The molecule has 0 saturated carbocycles. The number of ether oxygens (including phenoxy) is 1. The van der Waals surface area contributed by atoms with Crippen LogP contribution in [0, 0.1) is 17.6 Å². The van der Waals surface area contributed by atoms with Crippen LogP contribution in [-0.4, -0.2) is 18.1 Å². The van der Waals surface area contributed by atoms with Crippen LogP contribution in [0.5, 0.6) is 5.75 Å².